The summed E-state index contributed by atoms with van der Waals surface area (Å²) in [6, 6.07) is 7.65. The van der Waals surface area contributed by atoms with Gasteiger partial charge in [-0.25, -0.2) is 0 Å². The highest BCUT2D eigenvalue weighted by Crippen LogP contribution is 2.29. The van der Waals surface area contributed by atoms with Gasteiger partial charge in [0.25, 0.3) is 0 Å². The normalized spacial score (nSPS) is 23.5. The Kier molecular flexibility index (Phi) is 3.22. The number of thiol groups is 1. The first-order valence-corrected chi connectivity index (χ1v) is 7.05. The van der Waals surface area contributed by atoms with E-state index < -0.39 is 0 Å². The maximum Gasteiger partial charge on any atom is 0.228 e. The van der Waals surface area contributed by atoms with Gasteiger partial charge in [-0.05, 0) is 24.6 Å². The van der Waals surface area contributed by atoms with E-state index in [1.165, 1.54) is 0 Å². The molecule has 2 fully saturated rings. The second kappa shape index (κ2) is 4.89. The molecule has 1 aromatic carbocycles. The number of rotatable bonds is 2. The third-order valence-corrected chi connectivity index (χ3v) is 3.98. The molecule has 2 saturated heterocycles. The van der Waals surface area contributed by atoms with Gasteiger partial charge < -0.3 is 9.80 Å². The average molecular weight is 276 g/mol. The zero-order valence-electron chi connectivity index (χ0n) is 10.6. The fraction of sp³-hybridized carbons (Fsp3) is 0.429. The highest BCUT2D eigenvalue weighted by atomic mass is 32.1. The quantitative estimate of drug-likeness (QED) is 0.838. The Balaban J connectivity index is 1.88. The fourth-order valence-electron chi connectivity index (χ4n) is 2.69. The lowest BCUT2D eigenvalue weighted by atomic mass is 10.2. The van der Waals surface area contributed by atoms with Crippen molar-refractivity contribution in [2.24, 2.45) is 0 Å². The molecule has 0 saturated carbocycles. The molecule has 19 heavy (non-hydrogen) atoms. The van der Waals surface area contributed by atoms with Crippen LogP contribution in [0.4, 0.5) is 11.4 Å². The molecule has 2 heterocycles. The second-order valence-corrected chi connectivity index (χ2v) is 5.76. The Hall–Kier alpha value is -1.49. The van der Waals surface area contributed by atoms with E-state index in [4.69, 9.17) is 0 Å². The van der Waals surface area contributed by atoms with Crippen LogP contribution in [0.25, 0.3) is 0 Å². The van der Waals surface area contributed by atoms with Gasteiger partial charge in [-0.15, -0.1) is 0 Å². The zero-order chi connectivity index (χ0) is 13.4. The van der Waals surface area contributed by atoms with Crippen molar-refractivity contribution in [2.75, 3.05) is 22.9 Å². The first kappa shape index (κ1) is 12.5. The Morgan fingerprint density at radius 2 is 1.84 bits per heavy atom. The van der Waals surface area contributed by atoms with Crippen LogP contribution in [0, 0.1) is 0 Å². The van der Waals surface area contributed by atoms with Gasteiger partial charge in [0.1, 0.15) is 0 Å². The first-order valence-electron chi connectivity index (χ1n) is 6.54. The van der Waals surface area contributed by atoms with Crippen LogP contribution in [-0.2, 0) is 9.59 Å². The first-order chi connectivity index (χ1) is 9.15. The lowest BCUT2D eigenvalue weighted by molar-refractivity contribution is -0.117. The second-order valence-electron chi connectivity index (χ2n) is 5.03. The largest absolute Gasteiger partial charge is 0.312 e. The molecule has 100 valence electrons. The molecule has 4 nitrogen and oxygen atoms in total. The van der Waals surface area contributed by atoms with Crippen molar-refractivity contribution in [3.63, 3.8) is 0 Å². The lowest BCUT2D eigenvalue weighted by Gasteiger charge is -2.20. The molecule has 1 unspecified atom stereocenters. The average Bonchev–Trinajstić information content (AvgIpc) is 2.95. The summed E-state index contributed by atoms with van der Waals surface area (Å²) in [7, 11) is 0. The van der Waals surface area contributed by atoms with E-state index in [1.807, 2.05) is 24.3 Å². The van der Waals surface area contributed by atoms with Gasteiger partial charge in [0.05, 0.1) is 0 Å². The predicted molar refractivity (Wildman–Crippen MR) is 77.8 cm³/mol. The van der Waals surface area contributed by atoms with Crippen molar-refractivity contribution in [1.82, 2.24) is 0 Å². The van der Waals surface area contributed by atoms with E-state index in [-0.39, 0.29) is 17.1 Å². The third kappa shape index (κ3) is 2.34. The summed E-state index contributed by atoms with van der Waals surface area (Å²) in [6.07, 6.45) is 2.01. The highest BCUT2D eigenvalue weighted by molar-refractivity contribution is 7.81. The molecule has 1 aromatic rings. The number of anilines is 2. The number of amides is 2. The Morgan fingerprint density at radius 3 is 2.42 bits per heavy atom. The van der Waals surface area contributed by atoms with Gasteiger partial charge in [-0.3, -0.25) is 9.59 Å². The molecule has 0 radical (unpaired) electrons. The van der Waals surface area contributed by atoms with E-state index in [1.54, 1.807) is 9.80 Å². The lowest BCUT2D eigenvalue weighted by Crippen LogP contribution is -2.26. The summed E-state index contributed by atoms with van der Waals surface area (Å²) in [6.45, 7) is 1.41. The van der Waals surface area contributed by atoms with E-state index in [0.717, 1.165) is 24.3 Å². The van der Waals surface area contributed by atoms with Crippen LogP contribution < -0.4 is 9.80 Å². The minimum absolute atomic E-state index is 0.101. The highest BCUT2D eigenvalue weighted by Gasteiger charge is 2.29. The SMILES string of the molecule is O=C1CCCN1c1cccc(N2CC(S)CC2=O)c1. The van der Waals surface area contributed by atoms with Gasteiger partial charge in [0.2, 0.25) is 11.8 Å². The van der Waals surface area contributed by atoms with Crippen molar-refractivity contribution < 1.29 is 9.59 Å². The van der Waals surface area contributed by atoms with E-state index >= 15 is 0 Å². The molecule has 0 aliphatic carbocycles. The number of hydrogen-bond donors (Lipinski definition) is 1. The fourth-order valence-corrected chi connectivity index (χ4v) is 3.01. The van der Waals surface area contributed by atoms with E-state index in [9.17, 15) is 9.59 Å². The number of benzene rings is 1. The summed E-state index contributed by atoms with van der Waals surface area (Å²) < 4.78 is 0. The molecular weight excluding hydrogens is 260 g/mol. The number of hydrogen-bond acceptors (Lipinski definition) is 3. The van der Waals surface area contributed by atoms with Gasteiger partial charge >= 0.3 is 0 Å². The summed E-state index contributed by atoms with van der Waals surface area (Å²) in [5.74, 6) is 0.266. The third-order valence-electron chi connectivity index (χ3n) is 3.63. The van der Waals surface area contributed by atoms with Crippen LogP contribution in [-0.4, -0.2) is 30.2 Å². The van der Waals surface area contributed by atoms with Crippen molar-refractivity contribution in [3.05, 3.63) is 24.3 Å². The molecule has 0 spiro atoms. The minimum Gasteiger partial charge on any atom is -0.312 e. The van der Waals surface area contributed by atoms with E-state index in [0.29, 0.717) is 19.4 Å². The molecule has 2 aliphatic rings. The van der Waals surface area contributed by atoms with E-state index in [2.05, 4.69) is 12.6 Å². The predicted octanol–water partition coefficient (Wildman–Crippen LogP) is 1.85. The van der Waals surface area contributed by atoms with Gasteiger partial charge in [0, 0.05) is 42.6 Å². The van der Waals surface area contributed by atoms with Gasteiger partial charge in [-0.1, -0.05) is 6.07 Å². The summed E-state index contributed by atoms with van der Waals surface area (Å²) >= 11 is 4.36. The molecule has 0 N–H and O–H groups in total. The molecule has 0 bridgehead atoms. The molecule has 2 aliphatic heterocycles. The molecule has 2 amide bonds. The smallest absolute Gasteiger partial charge is 0.228 e. The Morgan fingerprint density at radius 1 is 1.11 bits per heavy atom. The van der Waals surface area contributed by atoms with Crippen LogP contribution in [0.2, 0.25) is 0 Å². The maximum atomic E-state index is 11.9. The Labute approximate surface area is 117 Å². The summed E-state index contributed by atoms with van der Waals surface area (Å²) in [4.78, 5) is 27.2. The molecular formula is C14H16N2O2S. The molecule has 3 rings (SSSR count). The molecule has 5 heteroatoms. The maximum absolute atomic E-state index is 11.9. The Bertz CT molecular complexity index is 532. The standard InChI is InChI=1S/C14H16N2O2S/c17-13-5-2-6-15(13)10-3-1-4-11(7-10)16-9-12(19)8-14(16)18/h1,3-4,7,12,19H,2,5-6,8-9H2. The van der Waals surface area contributed by atoms with Gasteiger partial charge in [0.15, 0.2) is 0 Å². The monoisotopic (exact) mass is 276 g/mol. The van der Waals surface area contributed by atoms with Crippen molar-refractivity contribution in [1.29, 1.82) is 0 Å². The molecule has 0 aromatic heterocycles. The minimum atomic E-state index is 0.101. The van der Waals surface area contributed by atoms with Crippen LogP contribution in [0.15, 0.2) is 24.3 Å². The number of nitrogens with zero attached hydrogens (tertiary/aromatic N) is 2. The van der Waals surface area contributed by atoms with Crippen molar-refractivity contribution in [3.8, 4) is 0 Å². The zero-order valence-corrected chi connectivity index (χ0v) is 11.5. The number of carbonyl (C=O) groups excluding carboxylic acids is 2. The van der Waals surface area contributed by atoms with Crippen molar-refractivity contribution >= 4 is 35.8 Å². The summed E-state index contributed by atoms with van der Waals surface area (Å²) in [5, 5.41) is 0.101. The van der Waals surface area contributed by atoms with Crippen LogP contribution >= 0.6 is 12.6 Å². The van der Waals surface area contributed by atoms with Crippen LogP contribution in [0.5, 0.6) is 0 Å². The summed E-state index contributed by atoms with van der Waals surface area (Å²) in [5.41, 5.74) is 1.74. The topological polar surface area (TPSA) is 40.6 Å². The van der Waals surface area contributed by atoms with Crippen LogP contribution in [0.3, 0.4) is 0 Å². The van der Waals surface area contributed by atoms with Crippen molar-refractivity contribution in [2.45, 2.75) is 24.5 Å². The molecule has 1 atom stereocenters. The number of carbonyl (C=O) groups is 2. The van der Waals surface area contributed by atoms with Crippen LogP contribution in [0.1, 0.15) is 19.3 Å². The van der Waals surface area contributed by atoms with Gasteiger partial charge in [-0.2, -0.15) is 12.6 Å².